The van der Waals surface area contributed by atoms with Crippen molar-refractivity contribution in [1.29, 1.82) is 0 Å². The fourth-order valence-electron chi connectivity index (χ4n) is 4.05. The Morgan fingerprint density at radius 3 is 2.75 bits per heavy atom. The first kappa shape index (κ1) is 10.8. The van der Waals surface area contributed by atoms with Crippen LogP contribution in [0.25, 0.3) is 0 Å². The minimum atomic E-state index is -0.395. The number of ether oxygens (including phenoxy) is 2. The van der Waals surface area contributed by atoms with Gasteiger partial charge in [0, 0.05) is 5.41 Å². The molecular weight excluding hydrogens is 200 g/mol. The van der Waals surface area contributed by atoms with Gasteiger partial charge in [0.15, 0.2) is 5.79 Å². The fraction of sp³-hybridized carbons (Fsp3) is 0.857. The molecule has 0 unspecified atom stereocenters. The summed E-state index contributed by atoms with van der Waals surface area (Å²) in [5, 5.41) is 0. The van der Waals surface area contributed by atoms with Crippen molar-refractivity contribution >= 4 is 0 Å². The zero-order valence-corrected chi connectivity index (χ0v) is 10.5. The molecule has 0 radical (unpaired) electrons. The van der Waals surface area contributed by atoms with Gasteiger partial charge in [0.2, 0.25) is 0 Å². The van der Waals surface area contributed by atoms with Crippen LogP contribution in [0.4, 0.5) is 0 Å². The highest BCUT2D eigenvalue weighted by molar-refractivity contribution is 5.14. The maximum atomic E-state index is 6.18. The van der Waals surface area contributed by atoms with Crippen LogP contribution >= 0.6 is 0 Å². The topological polar surface area (TPSA) is 18.5 Å². The van der Waals surface area contributed by atoms with E-state index in [-0.39, 0.29) is 5.41 Å². The predicted octanol–water partition coefficient (Wildman–Crippen LogP) is 3.27. The first-order chi connectivity index (χ1) is 7.55. The molecule has 1 saturated carbocycles. The van der Waals surface area contributed by atoms with E-state index in [1.807, 2.05) is 0 Å². The lowest BCUT2D eigenvalue weighted by atomic mass is 9.64. The summed E-state index contributed by atoms with van der Waals surface area (Å²) < 4.78 is 12.4. The highest BCUT2D eigenvalue weighted by atomic mass is 16.7. The first-order valence-electron chi connectivity index (χ1n) is 6.57. The van der Waals surface area contributed by atoms with Crippen molar-refractivity contribution in [2.24, 2.45) is 11.3 Å². The third kappa shape index (κ3) is 1.32. The zero-order valence-electron chi connectivity index (χ0n) is 10.5. The van der Waals surface area contributed by atoms with Crippen molar-refractivity contribution in [2.75, 3.05) is 0 Å². The minimum Gasteiger partial charge on any atom is -0.347 e. The molecule has 4 atom stereocenters. The number of rotatable bonds is 0. The van der Waals surface area contributed by atoms with E-state index in [1.165, 1.54) is 19.3 Å². The smallest absolute Gasteiger partial charge is 0.163 e. The summed E-state index contributed by atoms with van der Waals surface area (Å²) in [4.78, 5) is 0. The largest absolute Gasteiger partial charge is 0.347 e. The Labute approximate surface area is 98.0 Å². The third-order valence-electron chi connectivity index (χ3n) is 4.75. The monoisotopic (exact) mass is 222 g/mol. The molecule has 1 aliphatic heterocycles. The van der Waals surface area contributed by atoms with Crippen molar-refractivity contribution < 1.29 is 9.47 Å². The van der Waals surface area contributed by atoms with E-state index >= 15 is 0 Å². The number of allylic oxidation sites excluding steroid dienone is 1. The maximum absolute atomic E-state index is 6.18. The van der Waals surface area contributed by atoms with Crippen LogP contribution in [-0.2, 0) is 9.47 Å². The Morgan fingerprint density at radius 2 is 1.94 bits per heavy atom. The molecule has 0 aromatic heterocycles. The Kier molecular flexibility index (Phi) is 2.25. The van der Waals surface area contributed by atoms with E-state index in [9.17, 15) is 0 Å². The van der Waals surface area contributed by atoms with Crippen LogP contribution in [0.3, 0.4) is 0 Å². The quantitative estimate of drug-likeness (QED) is 0.586. The molecule has 0 aromatic rings. The van der Waals surface area contributed by atoms with Crippen molar-refractivity contribution in [3.8, 4) is 0 Å². The Morgan fingerprint density at radius 1 is 1.19 bits per heavy atom. The Hall–Kier alpha value is -0.340. The summed E-state index contributed by atoms with van der Waals surface area (Å²) in [7, 11) is 0. The van der Waals surface area contributed by atoms with E-state index in [0.29, 0.717) is 18.1 Å². The van der Waals surface area contributed by atoms with Gasteiger partial charge >= 0.3 is 0 Å². The molecule has 1 heterocycles. The van der Waals surface area contributed by atoms with E-state index in [1.54, 1.807) is 0 Å². The summed E-state index contributed by atoms with van der Waals surface area (Å²) in [5.41, 5.74) is 0.268. The maximum Gasteiger partial charge on any atom is 0.163 e. The SMILES string of the molecule is C[C@@H]1C=CC[C@H]2OC(C)(C)O[C@H]3CCC[C@]132. The molecular formula is C14H22O2. The van der Waals surface area contributed by atoms with Crippen LogP contribution < -0.4 is 0 Å². The van der Waals surface area contributed by atoms with Gasteiger partial charge in [-0.05, 0) is 39.0 Å². The van der Waals surface area contributed by atoms with Crippen LogP contribution in [0.5, 0.6) is 0 Å². The second-order valence-electron chi connectivity index (χ2n) is 6.07. The summed E-state index contributed by atoms with van der Waals surface area (Å²) in [6, 6.07) is 0. The average molecular weight is 222 g/mol. The summed E-state index contributed by atoms with van der Waals surface area (Å²) in [6.45, 7) is 6.43. The van der Waals surface area contributed by atoms with Crippen molar-refractivity contribution in [2.45, 2.75) is 64.4 Å². The molecule has 0 N–H and O–H groups in total. The van der Waals surface area contributed by atoms with Gasteiger partial charge in [0.25, 0.3) is 0 Å². The molecule has 0 amide bonds. The van der Waals surface area contributed by atoms with Gasteiger partial charge in [-0.25, -0.2) is 0 Å². The van der Waals surface area contributed by atoms with Crippen LogP contribution in [0.1, 0.15) is 46.5 Å². The van der Waals surface area contributed by atoms with E-state index in [2.05, 4.69) is 32.9 Å². The second kappa shape index (κ2) is 3.33. The Bertz CT molecular complexity index is 321. The molecule has 0 bridgehead atoms. The van der Waals surface area contributed by atoms with Crippen molar-refractivity contribution in [1.82, 2.24) is 0 Å². The van der Waals surface area contributed by atoms with E-state index < -0.39 is 5.79 Å². The van der Waals surface area contributed by atoms with Crippen LogP contribution in [0.2, 0.25) is 0 Å². The van der Waals surface area contributed by atoms with Gasteiger partial charge in [0.05, 0.1) is 12.2 Å². The molecule has 1 saturated heterocycles. The summed E-state index contributed by atoms with van der Waals surface area (Å²) >= 11 is 0. The summed E-state index contributed by atoms with van der Waals surface area (Å²) in [5.74, 6) is 0.198. The fourth-order valence-corrected chi connectivity index (χ4v) is 4.05. The molecule has 2 aliphatic carbocycles. The molecule has 2 heteroatoms. The molecule has 90 valence electrons. The average Bonchev–Trinajstić information content (AvgIpc) is 2.58. The standard InChI is InChI=1S/C14H22O2/c1-10-6-4-7-11-14(10)9-5-8-12(14)16-13(2,3)15-11/h4,6,10-12H,5,7-9H2,1-3H3/t10-,11-,12+,14-/m1/s1. The molecule has 3 rings (SSSR count). The molecule has 0 aromatic carbocycles. The van der Waals surface area contributed by atoms with Gasteiger partial charge < -0.3 is 9.47 Å². The first-order valence-corrected chi connectivity index (χ1v) is 6.57. The molecule has 3 aliphatic rings. The van der Waals surface area contributed by atoms with Crippen LogP contribution in [0.15, 0.2) is 12.2 Å². The third-order valence-corrected chi connectivity index (χ3v) is 4.75. The van der Waals surface area contributed by atoms with Crippen molar-refractivity contribution in [3.05, 3.63) is 12.2 Å². The predicted molar refractivity (Wildman–Crippen MR) is 63.0 cm³/mol. The number of hydrogen-bond donors (Lipinski definition) is 0. The summed E-state index contributed by atoms with van der Waals surface area (Å²) in [6.07, 6.45) is 10.2. The van der Waals surface area contributed by atoms with Gasteiger partial charge in [-0.3, -0.25) is 0 Å². The van der Waals surface area contributed by atoms with Gasteiger partial charge in [0.1, 0.15) is 0 Å². The zero-order chi connectivity index (χ0) is 11.4. The normalized spacial score (nSPS) is 49.8. The van der Waals surface area contributed by atoms with Crippen molar-refractivity contribution in [3.63, 3.8) is 0 Å². The molecule has 16 heavy (non-hydrogen) atoms. The van der Waals surface area contributed by atoms with E-state index in [4.69, 9.17) is 9.47 Å². The second-order valence-corrected chi connectivity index (χ2v) is 6.07. The number of hydrogen-bond acceptors (Lipinski definition) is 2. The van der Waals surface area contributed by atoms with E-state index in [0.717, 1.165) is 6.42 Å². The van der Waals surface area contributed by atoms with Crippen LogP contribution in [-0.4, -0.2) is 18.0 Å². The van der Waals surface area contributed by atoms with Gasteiger partial charge in [-0.1, -0.05) is 25.5 Å². The minimum absolute atomic E-state index is 0.268. The van der Waals surface area contributed by atoms with Gasteiger partial charge in [-0.2, -0.15) is 0 Å². The van der Waals surface area contributed by atoms with Crippen LogP contribution in [0, 0.1) is 11.3 Å². The molecule has 1 spiro atoms. The molecule has 2 nitrogen and oxygen atoms in total. The van der Waals surface area contributed by atoms with Gasteiger partial charge in [-0.15, -0.1) is 0 Å². The Balaban J connectivity index is 2.00. The lowest BCUT2D eigenvalue weighted by Gasteiger charge is -2.55. The highest BCUT2D eigenvalue weighted by Gasteiger charge is 2.58. The lowest BCUT2D eigenvalue weighted by Crippen LogP contribution is -2.59. The molecule has 2 fully saturated rings. The lowest BCUT2D eigenvalue weighted by molar-refractivity contribution is -0.347. The highest BCUT2D eigenvalue weighted by Crippen LogP contribution is 2.57.